The van der Waals surface area contributed by atoms with Gasteiger partial charge in [0.05, 0.1) is 0 Å². The van der Waals surface area contributed by atoms with Gasteiger partial charge in [-0.3, -0.25) is 0 Å². The first-order valence-corrected chi connectivity index (χ1v) is 6.64. The molecule has 7 heavy (non-hydrogen) atoms. The number of nitrogens with zero attached hydrogens (tertiary/aromatic N) is 1. The average molecular weight is 226 g/mol. The molecule has 1 heterocycles. The fraction of sp³-hybridized carbons (Fsp3) is 0.750. The minimum atomic E-state index is 0.500. The fourth-order valence-electron chi connectivity index (χ4n) is 0.420. The molecular formula is C4H6NSe2. The molecule has 1 aliphatic heterocycles. The van der Waals surface area contributed by atoms with Gasteiger partial charge in [-0.25, -0.2) is 0 Å². The second-order valence-electron chi connectivity index (χ2n) is 1.29. The van der Waals surface area contributed by atoms with Gasteiger partial charge >= 0.3 is 55.9 Å². The molecule has 0 aromatic carbocycles. The second kappa shape index (κ2) is 2.88. The van der Waals surface area contributed by atoms with Gasteiger partial charge in [0.15, 0.2) is 0 Å². The van der Waals surface area contributed by atoms with Crippen molar-refractivity contribution in [1.82, 2.24) is 5.41 Å². The van der Waals surface area contributed by atoms with Crippen molar-refractivity contribution in [2.75, 3.05) is 0 Å². The molecule has 1 radical (unpaired) electrons. The Bertz CT molecular complexity index is 73.8. The molecule has 0 atom stereocenters. The van der Waals surface area contributed by atoms with E-state index in [2.05, 4.69) is 0 Å². The van der Waals surface area contributed by atoms with E-state index in [4.69, 9.17) is 5.41 Å². The predicted molar refractivity (Wildman–Crippen MR) is 33.1 cm³/mol. The monoisotopic (exact) mass is 228 g/mol. The van der Waals surface area contributed by atoms with Crippen molar-refractivity contribution in [3.05, 3.63) is 0 Å². The van der Waals surface area contributed by atoms with Crippen molar-refractivity contribution in [3.63, 3.8) is 0 Å². The van der Waals surface area contributed by atoms with E-state index in [9.17, 15) is 0 Å². The zero-order valence-electron chi connectivity index (χ0n) is 3.89. The normalized spacial score (nSPS) is 22.6. The van der Waals surface area contributed by atoms with E-state index in [0.717, 1.165) is 24.9 Å². The molecule has 1 rings (SSSR count). The molecule has 0 N–H and O–H groups in total. The Balaban J connectivity index is 2.25. The number of rotatable bonds is 0. The summed E-state index contributed by atoms with van der Waals surface area (Å²) in [6, 6.07) is 0. The molecule has 0 amide bonds. The summed E-state index contributed by atoms with van der Waals surface area (Å²) in [5.41, 5.74) is 0. The van der Waals surface area contributed by atoms with Crippen LogP contribution in [0.3, 0.4) is 0 Å². The van der Waals surface area contributed by atoms with Gasteiger partial charge in [-0.15, -0.1) is 0 Å². The molecule has 1 fully saturated rings. The van der Waals surface area contributed by atoms with Crippen molar-refractivity contribution in [3.8, 4) is 0 Å². The average Bonchev–Trinajstić information content (AvgIpc) is 1.69. The molecular weight excluding hydrogens is 220 g/mol. The molecule has 0 saturated carbocycles. The van der Waals surface area contributed by atoms with Gasteiger partial charge in [0.1, 0.15) is 0 Å². The third-order valence-electron chi connectivity index (χ3n) is 0.722. The van der Waals surface area contributed by atoms with Gasteiger partial charge in [-0.2, -0.15) is 0 Å². The second-order valence-corrected chi connectivity index (χ2v) is 6.06. The van der Waals surface area contributed by atoms with Gasteiger partial charge in [0.2, 0.25) is 0 Å². The molecule has 0 bridgehead atoms. The third-order valence-corrected chi connectivity index (χ3v) is 6.85. The van der Waals surface area contributed by atoms with Crippen LogP contribution in [0, 0.1) is 0 Å². The molecule has 0 aromatic rings. The first kappa shape index (κ1) is 5.84. The van der Waals surface area contributed by atoms with Crippen LogP contribution in [-0.2, 0) is 0 Å². The number of hydrogen-bond donors (Lipinski definition) is 0. The molecule has 0 unspecified atom stereocenters. The standard InChI is InChI=1S/C4H6NSe2/c5-4-3-6-1-2-7-4/h1-3H2. The summed E-state index contributed by atoms with van der Waals surface area (Å²) in [5, 5.41) is 12.6. The van der Waals surface area contributed by atoms with Crippen LogP contribution in [0.5, 0.6) is 0 Å². The van der Waals surface area contributed by atoms with E-state index in [-0.39, 0.29) is 0 Å². The van der Waals surface area contributed by atoms with Crippen LogP contribution in [0.15, 0.2) is 0 Å². The predicted octanol–water partition coefficient (Wildman–Crippen LogP) is -0.138. The zero-order chi connectivity index (χ0) is 5.11. The zero-order valence-corrected chi connectivity index (χ0v) is 7.31. The van der Waals surface area contributed by atoms with Gasteiger partial charge < -0.3 is 0 Å². The quantitative estimate of drug-likeness (QED) is 0.513. The molecule has 0 aliphatic carbocycles. The van der Waals surface area contributed by atoms with E-state index >= 15 is 0 Å². The summed E-state index contributed by atoms with van der Waals surface area (Å²) in [6.45, 7) is 0. The maximum atomic E-state index is 8.87. The van der Waals surface area contributed by atoms with Crippen molar-refractivity contribution in [2.24, 2.45) is 0 Å². The Hall–Kier alpha value is 0.709. The first-order chi connectivity index (χ1) is 3.39. The van der Waals surface area contributed by atoms with Gasteiger partial charge in [-0.1, -0.05) is 0 Å². The Morgan fingerprint density at radius 1 is 1.43 bits per heavy atom. The third kappa shape index (κ3) is 1.96. The summed E-state index contributed by atoms with van der Waals surface area (Å²) < 4.78 is 0.804. The van der Waals surface area contributed by atoms with E-state index in [1.807, 2.05) is 0 Å². The minimum absolute atomic E-state index is 0.500. The Morgan fingerprint density at radius 2 is 2.29 bits per heavy atom. The van der Waals surface area contributed by atoms with Crippen LogP contribution in [-0.4, -0.2) is 34.5 Å². The van der Waals surface area contributed by atoms with Crippen LogP contribution >= 0.6 is 0 Å². The molecule has 39 valence electrons. The van der Waals surface area contributed by atoms with E-state index in [1.165, 1.54) is 10.6 Å². The van der Waals surface area contributed by atoms with Gasteiger partial charge in [-0.05, 0) is 0 Å². The van der Waals surface area contributed by atoms with Crippen LogP contribution < -0.4 is 5.41 Å². The van der Waals surface area contributed by atoms with Crippen molar-refractivity contribution in [1.29, 1.82) is 0 Å². The summed E-state index contributed by atoms with van der Waals surface area (Å²) in [5.74, 6) is 0. The first-order valence-electron chi connectivity index (χ1n) is 2.15. The summed E-state index contributed by atoms with van der Waals surface area (Å²) in [4.78, 5) is 0. The molecule has 3 heteroatoms. The molecule has 0 spiro atoms. The fourth-order valence-corrected chi connectivity index (χ4v) is 6.19. The van der Waals surface area contributed by atoms with Crippen LogP contribution in [0.1, 0.15) is 0 Å². The Morgan fingerprint density at radius 3 is 2.57 bits per heavy atom. The summed E-state index contributed by atoms with van der Waals surface area (Å²) >= 11 is 1.25. The maximum absolute atomic E-state index is 8.87. The van der Waals surface area contributed by atoms with Gasteiger partial charge in [0, 0.05) is 0 Å². The van der Waals surface area contributed by atoms with Crippen molar-refractivity contribution >= 4 is 34.5 Å². The van der Waals surface area contributed by atoms with Crippen molar-refractivity contribution < 1.29 is 0 Å². The van der Waals surface area contributed by atoms with Crippen LogP contribution in [0.2, 0.25) is 16.0 Å². The Kier molecular flexibility index (Phi) is 2.40. The Labute approximate surface area is 56.1 Å². The molecule has 1 nitrogen and oxygen atoms in total. The number of hydrogen-bond acceptors (Lipinski definition) is 0. The SMILES string of the molecule is [N]=C1C[Se]CC[Se]1. The van der Waals surface area contributed by atoms with Crippen LogP contribution in [0.25, 0.3) is 0 Å². The van der Waals surface area contributed by atoms with E-state index in [1.54, 1.807) is 0 Å². The van der Waals surface area contributed by atoms with E-state index in [0.29, 0.717) is 15.0 Å². The molecule has 0 aromatic heterocycles. The topological polar surface area (TPSA) is 22.3 Å². The van der Waals surface area contributed by atoms with Crippen molar-refractivity contribution in [2.45, 2.75) is 16.0 Å². The molecule has 1 saturated heterocycles. The van der Waals surface area contributed by atoms with E-state index < -0.39 is 0 Å². The van der Waals surface area contributed by atoms with Crippen LogP contribution in [0.4, 0.5) is 0 Å². The summed E-state index contributed by atoms with van der Waals surface area (Å²) in [7, 11) is 0. The molecule has 1 aliphatic rings. The summed E-state index contributed by atoms with van der Waals surface area (Å²) in [6.07, 6.45) is 0. The van der Waals surface area contributed by atoms with Gasteiger partial charge in [0.25, 0.3) is 0 Å².